The molecule has 2 rings (SSSR count). The van der Waals surface area contributed by atoms with Gasteiger partial charge in [0, 0.05) is 40.1 Å². The molecule has 0 fully saturated rings. The minimum Gasteiger partial charge on any atom is -0.351 e. The number of fused-ring (bicyclic) bond motifs is 1. The van der Waals surface area contributed by atoms with Crippen molar-refractivity contribution in [1.82, 2.24) is 5.32 Å². The van der Waals surface area contributed by atoms with Gasteiger partial charge in [-0.2, -0.15) is 0 Å². The van der Waals surface area contributed by atoms with Crippen molar-refractivity contribution in [3.8, 4) is 0 Å². The highest BCUT2D eigenvalue weighted by atomic mass is 32.2. The minimum atomic E-state index is -0.957. The third kappa shape index (κ3) is 3.20. The second-order valence-electron chi connectivity index (χ2n) is 4.62. The maximum absolute atomic E-state index is 11.9. The van der Waals surface area contributed by atoms with E-state index in [-0.39, 0.29) is 17.1 Å². The predicted molar refractivity (Wildman–Crippen MR) is 74.6 cm³/mol. The molecule has 6 heteroatoms. The molecule has 0 saturated carbocycles. The average Bonchev–Trinajstić information content (AvgIpc) is 2.74. The van der Waals surface area contributed by atoms with Crippen molar-refractivity contribution in [3.05, 3.63) is 29.3 Å². The molecule has 102 valence electrons. The minimum absolute atomic E-state index is 0.0532. The quantitative estimate of drug-likeness (QED) is 0.851. The Balaban J connectivity index is 2.03. The van der Waals surface area contributed by atoms with Crippen molar-refractivity contribution in [2.24, 2.45) is 0 Å². The number of rotatable bonds is 4. The van der Waals surface area contributed by atoms with Crippen LogP contribution in [0.25, 0.3) is 0 Å². The lowest BCUT2D eigenvalue weighted by molar-refractivity contribution is -0.115. The van der Waals surface area contributed by atoms with Crippen LogP contribution in [0.4, 0.5) is 5.69 Å². The van der Waals surface area contributed by atoms with Crippen LogP contribution in [-0.2, 0) is 22.0 Å². The van der Waals surface area contributed by atoms with Crippen molar-refractivity contribution >= 4 is 28.3 Å². The van der Waals surface area contributed by atoms with E-state index in [1.54, 1.807) is 24.5 Å². The Bertz CT molecular complexity index is 557. The molecule has 1 aliphatic heterocycles. The Hall–Kier alpha value is -1.69. The Morgan fingerprint density at radius 3 is 2.95 bits per heavy atom. The van der Waals surface area contributed by atoms with E-state index in [4.69, 9.17) is 0 Å². The van der Waals surface area contributed by atoms with Gasteiger partial charge in [0.25, 0.3) is 5.91 Å². The maximum atomic E-state index is 11.9. The second kappa shape index (κ2) is 5.52. The van der Waals surface area contributed by atoms with Crippen molar-refractivity contribution in [2.75, 3.05) is 18.1 Å². The summed E-state index contributed by atoms with van der Waals surface area (Å²) < 4.78 is 11.2. The van der Waals surface area contributed by atoms with Gasteiger partial charge in [0.2, 0.25) is 5.91 Å². The third-order valence-electron chi connectivity index (χ3n) is 3.11. The highest BCUT2D eigenvalue weighted by molar-refractivity contribution is 7.84. The lowest BCUT2D eigenvalue weighted by Gasteiger charge is -2.10. The lowest BCUT2D eigenvalue weighted by atomic mass is 10.1. The molecule has 2 amide bonds. The molecule has 2 atom stereocenters. The molecule has 0 radical (unpaired) electrons. The number of hydrogen-bond acceptors (Lipinski definition) is 3. The van der Waals surface area contributed by atoms with Gasteiger partial charge in [-0.05, 0) is 30.7 Å². The average molecular weight is 280 g/mol. The van der Waals surface area contributed by atoms with Gasteiger partial charge in [-0.3, -0.25) is 13.8 Å². The zero-order chi connectivity index (χ0) is 14.0. The lowest BCUT2D eigenvalue weighted by Crippen LogP contribution is -2.32. The molecule has 2 N–H and O–H groups in total. The maximum Gasteiger partial charge on any atom is 0.251 e. The molecule has 0 spiro atoms. The summed E-state index contributed by atoms with van der Waals surface area (Å²) in [6.45, 7) is 2.19. The van der Waals surface area contributed by atoms with Gasteiger partial charge in [0.05, 0.1) is 6.42 Å². The van der Waals surface area contributed by atoms with E-state index in [1.807, 2.05) is 6.92 Å². The summed E-state index contributed by atoms with van der Waals surface area (Å²) in [5.74, 6) is -0.262. The number of hydrogen-bond donors (Lipinski definition) is 2. The van der Waals surface area contributed by atoms with Crippen molar-refractivity contribution < 1.29 is 13.8 Å². The van der Waals surface area contributed by atoms with Crippen molar-refractivity contribution in [1.29, 1.82) is 0 Å². The second-order valence-corrected chi connectivity index (χ2v) is 6.42. The summed E-state index contributed by atoms with van der Waals surface area (Å²) >= 11 is 0. The van der Waals surface area contributed by atoms with E-state index >= 15 is 0 Å². The monoisotopic (exact) mass is 280 g/mol. The number of anilines is 1. The molecule has 1 aromatic carbocycles. The van der Waals surface area contributed by atoms with Crippen LogP contribution >= 0.6 is 0 Å². The molecule has 1 heterocycles. The molecular weight excluding hydrogens is 264 g/mol. The van der Waals surface area contributed by atoms with E-state index in [0.717, 1.165) is 11.3 Å². The highest BCUT2D eigenvalue weighted by Gasteiger charge is 2.19. The number of carbonyl (C=O) groups is 2. The Morgan fingerprint density at radius 2 is 2.26 bits per heavy atom. The van der Waals surface area contributed by atoms with Gasteiger partial charge in [-0.25, -0.2) is 0 Å². The normalized spacial score (nSPS) is 16.4. The topological polar surface area (TPSA) is 75.3 Å². The Labute approximate surface area is 114 Å². The molecule has 1 aliphatic rings. The van der Waals surface area contributed by atoms with Crippen LogP contribution in [0.1, 0.15) is 22.8 Å². The van der Waals surface area contributed by atoms with Crippen LogP contribution in [0.15, 0.2) is 18.2 Å². The van der Waals surface area contributed by atoms with Crippen molar-refractivity contribution in [2.45, 2.75) is 18.6 Å². The summed E-state index contributed by atoms with van der Waals surface area (Å²) in [6.07, 6.45) is 1.93. The number of amides is 2. The van der Waals surface area contributed by atoms with Crippen molar-refractivity contribution in [3.63, 3.8) is 0 Å². The van der Waals surface area contributed by atoms with Gasteiger partial charge >= 0.3 is 0 Å². The zero-order valence-corrected chi connectivity index (χ0v) is 11.7. The smallest absolute Gasteiger partial charge is 0.251 e. The number of nitrogens with one attached hydrogen (secondary N) is 2. The molecule has 5 nitrogen and oxygen atoms in total. The van der Waals surface area contributed by atoms with E-state index in [2.05, 4.69) is 10.6 Å². The standard InChI is InChI=1S/C13H16N2O3S/c1-8(19(2)18)7-14-13(17)9-3-4-11-10(5-9)6-12(16)15-11/h3-5,8H,6-7H2,1-2H3,(H,14,17)(H,15,16). The molecule has 0 bridgehead atoms. The van der Waals surface area contributed by atoms with Crippen LogP contribution in [0.2, 0.25) is 0 Å². The van der Waals surface area contributed by atoms with Gasteiger partial charge in [-0.15, -0.1) is 0 Å². The predicted octanol–water partition coefficient (Wildman–Crippen LogP) is 0.678. The third-order valence-corrected chi connectivity index (χ3v) is 4.41. The van der Waals surface area contributed by atoms with E-state index in [1.165, 1.54) is 0 Å². The first-order chi connectivity index (χ1) is 8.97. The summed E-state index contributed by atoms with van der Waals surface area (Å²) in [5.41, 5.74) is 2.12. The molecule has 1 aromatic rings. The van der Waals surface area contributed by atoms with Gasteiger partial charge in [0.15, 0.2) is 0 Å². The first-order valence-electron chi connectivity index (χ1n) is 6.00. The van der Waals surface area contributed by atoms with Gasteiger partial charge < -0.3 is 10.6 Å². The van der Waals surface area contributed by atoms with Gasteiger partial charge in [-0.1, -0.05) is 0 Å². The van der Waals surface area contributed by atoms with Gasteiger partial charge in [0.1, 0.15) is 0 Å². The number of carbonyl (C=O) groups excluding carboxylic acids is 2. The summed E-state index contributed by atoms with van der Waals surface area (Å²) in [4.78, 5) is 23.2. The highest BCUT2D eigenvalue weighted by Crippen LogP contribution is 2.23. The SMILES string of the molecule is CC(CNC(=O)c1ccc2c(c1)CC(=O)N2)S(C)=O. The van der Waals surface area contributed by atoms with Crippen LogP contribution in [-0.4, -0.2) is 34.1 Å². The molecule has 2 unspecified atom stereocenters. The largest absolute Gasteiger partial charge is 0.351 e. The molecule has 0 aromatic heterocycles. The van der Waals surface area contributed by atoms with Crippen LogP contribution in [0.3, 0.4) is 0 Å². The zero-order valence-electron chi connectivity index (χ0n) is 10.9. The summed E-state index contributed by atoms with van der Waals surface area (Å²) in [5, 5.41) is 5.38. The Morgan fingerprint density at radius 1 is 1.53 bits per heavy atom. The first-order valence-corrected chi connectivity index (χ1v) is 7.62. The summed E-state index contributed by atoms with van der Waals surface area (Å²) in [6, 6.07) is 5.13. The fourth-order valence-corrected chi connectivity index (χ4v) is 2.14. The molecule has 19 heavy (non-hydrogen) atoms. The summed E-state index contributed by atoms with van der Waals surface area (Å²) in [7, 11) is -0.957. The Kier molecular flexibility index (Phi) is 3.99. The number of benzene rings is 1. The fraction of sp³-hybridized carbons (Fsp3) is 0.385. The fourth-order valence-electron chi connectivity index (χ4n) is 1.83. The van der Waals surface area contributed by atoms with Crippen LogP contribution in [0, 0.1) is 0 Å². The van der Waals surface area contributed by atoms with E-state index < -0.39 is 10.8 Å². The van der Waals surface area contributed by atoms with Crippen LogP contribution < -0.4 is 10.6 Å². The molecular formula is C13H16N2O3S. The first kappa shape index (κ1) is 13.7. The molecule has 0 aliphatic carbocycles. The molecule has 0 saturated heterocycles. The van der Waals surface area contributed by atoms with Crippen LogP contribution in [0.5, 0.6) is 0 Å². The van der Waals surface area contributed by atoms with E-state index in [0.29, 0.717) is 18.5 Å². The van der Waals surface area contributed by atoms with E-state index in [9.17, 15) is 13.8 Å².